The van der Waals surface area contributed by atoms with Gasteiger partial charge in [-0.15, -0.1) is 5.10 Å². The summed E-state index contributed by atoms with van der Waals surface area (Å²) in [6.45, 7) is 9.17. The first-order chi connectivity index (χ1) is 20.5. The minimum atomic E-state index is -4.25. The normalized spacial score (nSPS) is 15.3. The summed E-state index contributed by atoms with van der Waals surface area (Å²) in [7, 11) is 0. The molecule has 1 N–H and O–H groups in total. The summed E-state index contributed by atoms with van der Waals surface area (Å²) >= 11 is 1.58. The first kappa shape index (κ1) is 30.3. The molecule has 0 saturated carbocycles. The topological polar surface area (TPSA) is 75.4 Å². The molecule has 1 unspecified atom stereocenters. The Kier molecular flexibility index (Phi) is 8.91. The number of hydrogen-bond donors (Lipinski definition) is 1. The second-order valence-electron chi connectivity index (χ2n) is 10.8. The summed E-state index contributed by atoms with van der Waals surface area (Å²) in [5.41, 5.74) is 6.06. The molecule has 0 spiro atoms. The number of anilines is 1. The third-order valence-electron chi connectivity index (χ3n) is 7.25. The van der Waals surface area contributed by atoms with Crippen LogP contribution in [0.25, 0.3) is 17.1 Å². The lowest BCUT2D eigenvalue weighted by Crippen LogP contribution is -2.29. The van der Waals surface area contributed by atoms with E-state index in [1.165, 1.54) is 34.3 Å². The highest BCUT2D eigenvalue weighted by atomic mass is 32.2. The first-order valence-electron chi connectivity index (χ1n) is 14.1. The molecule has 5 rings (SSSR count). The number of aryl methyl sites for hydroxylation is 1. The number of aromatic nitrogens is 3. The molecule has 1 fully saturated rings. The first-order valence-corrected chi connectivity index (χ1v) is 15.0. The number of alkyl halides is 3. The maximum Gasteiger partial charge on any atom is 0.393 e. The summed E-state index contributed by atoms with van der Waals surface area (Å²) < 4.78 is 39.4. The molecule has 7 nitrogen and oxygen atoms in total. The Hall–Kier alpha value is -4.12. The Morgan fingerprint density at radius 3 is 2.44 bits per heavy atom. The molecule has 11 heteroatoms. The van der Waals surface area contributed by atoms with E-state index in [-0.39, 0.29) is 11.6 Å². The van der Waals surface area contributed by atoms with Crippen molar-refractivity contribution in [1.29, 1.82) is 0 Å². The van der Waals surface area contributed by atoms with E-state index in [0.29, 0.717) is 22.6 Å². The maximum atomic E-state index is 12.9. The van der Waals surface area contributed by atoms with Gasteiger partial charge < -0.3 is 10.2 Å². The molecular weight excluding hydrogens is 573 g/mol. The number of carbonyl (C=O) groups is 1. The van der Waals surface area contributed by atoms with Crippen LogP contribution in [0.15, 0.2) is 78.0 Å². The van der Waals surface area contributed by atoms with Gasteiger partial charge >= 0.3 is 12.2 Å². The fraction of sp³-hybridized carbons (Fsp3) is 0.312. The summed E-state index contributed by atoms with van der Waals surface area (Å²) in [5, 5.41) is 8.15. The lowest BCUT2D eigenvalue weighted by molar-refractivity contribution is -0.127. The monoisotopic (exact) mass is 606 g/mol. The zero-order chi connectivity index (χ0) is 30.7. The molecule has 0 radical (unpaired) electrons. The SMILES string of the molecule is Cc1cccc(N2CCSC2=NC(=O)NC(C)c2ccc(-c3ncn(-c4ccc(CC(F)(F)F)cc4)n3)cc2)c1C(C)C. The van der Waals surface area contributed by atoms with Gasteiger partial charge in [0.25, 0.3) is 0 Å². The van der Waals surface area contributed by atoms with Gasteiger partial charge in [-0.3, -0.25) is 0 Å². The molecule has 2 amide bonds. The minimum absolute atomic E-state index is 0.186. The number of nitrogens with zero attached hydrogens (tertiary/aromatic N) is 5. The average Bonchev–Trinajstić information content (AvgIpc) is 3.62. The highest BCUT2D eigenvalue weighted by molar-refractivity contribution is 8.14. The van der Waals surface area contributed by atoms with Crippen LogP contribution in [-0.2, 0) is 6.42 Å². The lowest BCUT2D eigenvalue weighted by Gasteiger charge is -2.24. The molecule has 43 heavy (non-hydrogen) atoms. The van der Waals surface area contributed by atoms with Crippen molar-refractivity contribution in [3.63, 3.8) is 0 Å². The van der Waals surface area contributed by atoms with E-state index in [1.54, 1.807) is 23.9 Å². The van der Waals surface area contributed by atoms with Crippen LogP contribution in [0.2, 0.25) is 0 Å². The minimum Gasteiger partial charge on any atom is -0.330 e. The molecule has 1 saturated heterocycles. The summed E-state index contributed by atoms with van der Waals surface area (Å²) in [6.07, 6.45) is -3.70. The standard InChI is InChI=1S/C32H33F3N6OS/c1-20(2)28-21(3)6-5-7-27(28)40-16-17-43-31(40)38-30(42)37-22(4)24-10-12-25(13-11-24)29-36-19-41(39-29)26-14-8-23(9-15-26)18-32(33,34)35/h5-15,19-20,22H,16-18H2,1-4H3,(H,37,42). The Morgan fingerprint density at radius 2 is 1.77 bits per heavy atom. The molecule has 1 aliphatic heterocycles. The van der Waals surface area contributed by atoms with Crippen molar-refractivity contribution in [3.05, 3.63) is 95.3 Å². The van der Waals surface area contributed by atoms with Gasteiger partial charge in [0.2, 0.25) is 0 Å². The van der Waals surface area contributed by atoms with E-state index < -0.39 is 18.6 Å². The number of rotatable bonds is 7. The number of carbonyl (C=O) groups excluding carboxylic acids is 1. The predicted molar refractivity (Wildman–Crippen MR) is 166 cm³/mol. The van der Waals surface area contributed by atoms with Gasteiger partial charge in [0.15, 0.2) is 11.0 Å². The molecule has 1 aliphatic rings. The molecule has 1 atom stereocenters. The van der Waals surface area contributed by atoms with Crippen molar-refractivity contribution in [1.82, 2.24) is 20.1 Å². The zero-order valence-electron chi connectivity index (χ0n) is 24.4. The third kappa shape index (κ3) is 7.27. The van der Waals surface area contributed by atoms with Crippen molar-refractivity contribution < 1.29 is 18.0 Å². The molecule has 3 aromatic carbocycles. The third-order valence-corrected chi connectivity index (χ3v) is 8.21. The maximum absolute atomic E-state index is 12.9. The van der Waals surface area contributed by atoms with E-state index >= 15 is 0 Å². The summed E-state index contributed by atoms with van der Waals surface area (Å²) in [5.74, 6) is 1.69. The fourth-order valence-corrected chi connectivity index (χ4v) is 6.15. The fourth-order valence-electron chi connectivity index (χ4n) is 5.20. The Labute approximate surface area is 253 Å². The highest BCUT2D eigenvalue weighted by Crippen LogP contribution is 2.34. The van der Waals surface area contributed by atoms with Gasteiger partial charge in [-0.2, -0.15) is 18.2 Å². The van der Waals surface area contributed by atoms with E-state index in [1.807, 2.05) is 37.3 Å². The van der Waals surface area contributed by atoms with Gasteiger partial charge in [-0.25, -0.2) is 14.5 Å². The number of urea groups is 1. The number of amidine groups is 1. The van der Waals surface area contributed by atoms with Gasteiger partial charge in [0.1, 0.15) is 6.33 Å². The van der Waals surface area contributed by atoms with Crippen molar-refractivity contribution in [2.24, 2.45) is 4.99 Å². The number of benzene rings is 3. The lowest BCUT2D eigenvalue weighted by atomic mass is 9.95. The molecule has 0 bridgehead atoms. The molecule has 2 heterocycles. The van der Waals surface area contributed by atoms with Gasteiger partial charge in [-0.1, -0.05) is 74.1 Å². The van der Waals surface area contributed by atoms with Crippen LogP contribution in [0.5, 0.6) is 0 Å². The highest BCUT2D eigenvalue weighted by Gasteiger charge is 2.28. The van der Waals surface area contributed by atoms with Gasteiger partial charge in [-0.05, 0) is 60.2 Å². The predicted octanol–water partition coefficient (Wildman–Crippen LogP) is 7.85. The molecule has 0 aliphatic carbocycles. The molecule has 4 aromatic rings. The number of hydrogen-bond acceptors (Lipinski definition) is 4. The van der Waals surface area contributed by atoms with E-state index in [2.05, 4.69) is 58.2 Å². The number of nitrogens with one attached hydrogen (secondary N) is 1. The number of halogens is 3. The van der Waals surface area contributed by atoms with E-state index in [9.17, 15) is 18.0 Å². The second kappa shape index (κ2) is 12.6. The van der Waals surface area contributed by atoms with Crippen molar-refractivity contribution >= 4 is 28.6 Å². The smallest absolute Gasteiger partial charge is 0.330 e. The van der Waals surface area contributed by atoms with Crippen LogP contribution in [0.3, 0.4) is 0 Å². The molecular formula is C32H33F3N6OS. The Morgan fingerprint density at radius 1 is 1.05 bits per heavy atom. The Bertz CT molecular complexity index is 1610. The molecule has 224 valence electrons. The number of thioether (sulfide) groups is 1. The van der Waals surface area contributed by atoms with Crippen LogP contribution in [0.4, 0.5) is 23.7 Å². The molecule has 1 aromatic heterocycles. The van der Waals surface area contributed by atoms with Crippen LogP contribution < -0.4 is 10.2 Å². The van der Waals surface area contributed by atoms with Gasteiger partial charge in [0, 0.05) is 23.5 Å². The van der Waals surface area contributed by atoms with Crippen LogP contribution in [0, 0.1) is 6.92 Å². The van der Waals surface area contributed by atoms with E-state index in [4.69, 9.17) is 0 Å². The zero-order valence-corrected chi connectivity index (χ0v) is 25.2. The second-order valence-corrected chi connectivity index (χ2v) is 11.9. The van der Waals surface area contributed by atoms with Crippen molar-refractivity contribution in [3.8, 4) is 17.1 Å². The van der Waals surface area contributed by atoms with E-state index in [0.717, 1.165) is 29.1 Å². The Balaban J connectivity index is 1.23. The van der Waals surface area contributed by atoms with Crippen molar-refractivity contribution in [2.75, 3.05) is 17.2 Å². The summed E-state index contributed by atoms with van der Waals surface area (Å²) in [6, 6.07) is 19.2. The van der Waals surface area contributed by atoms with Crippen LogP contribution >= 0.6 is 11.8 Å². The van der Waals surface area contributed by atoms with Crippen LogP contribution in [0.1, 0.15) is 55.0 Å². The largest absolute Gasteiger partial charge is 0.393 e. The summed E-state index contributed by atoms with van der Waals surface area (Å²) in [4.78, 5) is 23.9. The number of amides is 2. The van der Waals surface area contributed by atoms with Crippen molar-refractivity contribution in [2.45, 2.75) is 52.3 Å². The number of aliphatic imine (C=N–C) groups is 1. The quantitative estimate of drug-likeness (QED) is 0.232. The van der Waals surface area contributed by atoms with Crippen LogP contribution in [-0.4, -0.2) is 44.4 Å². The van der Waals surface area contributed by atoms with Gasteiger partial charge in [0.05, 0.1) is 18.2 Å². The average molecular weight is 607 g/mol.